The Labute approximate surface area is 208 Å². The number of hydrogen-bond acceptors (Lipinski definition) is 11. The van der Waals surface area contributed by atoms with Gasteiger partial charge in [-0.3, -0.25) is 4.57 Å². The van der Waals surface area contributed by atoms with Crippen LogP contribution in [0, 0.1) is 0 Å². The third-order valence-electron chi connectivity index (χ3n) is 6.50. The molecule has 1 unspecified atom stereocenters. The first-order valence-electron chi connectivity index (χ1n) is 11.2. The molecule has 0 aromatic carbocycles. The zero-order valence-electron chi connectivity index (χ0n) is 18.6. The fourth-order valence-corrected chi connectivity index (χ4v) is 5.62. The molecule has 16 heteroatoms. The third-order valence-corrected chi connectivity index (χ3v) is 8.41. The molecule has 7 N–H and O–H groups in total. The Hall–Kier alpha value is -1.26. The molecule has 0 radical (unpaired) electrons. The molecule has 4 rings (SSSR count). The molecule has 1 aliphatic heterocycles. The highest BCUT2D eigenvalue weighted by molar-refractivity contribution is 9.10. The van der Waals surface area contributed by atoms with Crippen molar-refractivity contribution in [1.29, 1.82) is 0 Å². The summed E-state index contributed by atoms with van der Waals surface area (Å²) < 4.78 is 24.6. The van der Waals surface area contributed by atoms with Gasteiger partial charge in [-0.2, -0.15) is 5.10 Å². The lowest BCUT2D eigenvalue weighted by molar-refractivity contribution is -0.114. The van der Waals surface area contributed by atoms with Gasteiger partial charge < -0.3 is 45.0 Å². The van der Waals surface area contributed by atoms with Crippen molar-refractivity contribution in [1.82, 2.24) is 19.7 Å². The fourth-order valence-electron chi connectivity index (χ4n) is 4.46. The Morgan fingerprint density at radius 3 is 2.57 bits per heavy atom. The summed E-state index contributed by atoms with van der Waals surface area (Å²) in [5.41, 5.74) is 0.338. The van der Waals surface area contributed by atoms with Crippen LogP contribution in [0.5, 0.6) is 0 Å². The van der Waals surface area contributed by atoms with Crippen LogP contribution in [0.1, 0.15) is 38.3 Å². The van der Waals surface area contributed by atoms with Crippen molar-refractivity contribution < 1.29 is 44.3 Å². The average Bonchev–Trinajstić information content (AvgIpc) is 3.52. The van der Waals surface area contributed by atoms with Gasteiger partial charge in [-0.05, 0) is 28.8 Å². The molecule has 5 atom stereocenters. The molecule has 0 bridgehead atoms. The Balaban J connectivity index is 1.56. The number of hydrogen-bond donors (Lipinski definition) is 7. The Morgan fingerprint density at radius 1 is 1.23 bits per heavy atom. The maximum atomic E-state index is 11.9. The van der Waals surface area contributed by atoms with E-state index in [9.17, 15) is 34.8 Å². The van der Waals surface area contributed by atoms with Crippen LogP contribution < -0.4 is 5.32 Å². The minimum absolute atomic E-state index is 0.278. The molecular formula is C19H29BrN5O9P. The highest BCUT2D eigenvalue weighted by Crippen LogP contribution is 2.53. The van der Waals surface area contributed by atoms with Crippen molar-refractivity contribution in [2.75, 3.05) is 25.1 Å². The summed E-state index contributed by atoms with van der Waals surface area (Å²) in [6.45, 7) is -2.30. The van der Waals surface area contributed by atoms with E-state index in [-0.39, 0.29) is 6.04 Å². The second-order valence-corrected chi connectivity index (χ2v) is 11.4. The van der Waals surface area contributed by atoms with Crippen LogP contribution in [-0.2, 0) is 14.0 Å². The summed E-state index contributed by atoms with van der Waals surface area (Å²) in [7, 11) is -5.01. The molecule has 2 fully saturated rings. The van der Waals surface area contributed by atoms with E-state index in [1.165, 1.54) is 10.9 Å². The van der Waals surface area contributed by atoms with Crippen LogP contribution in [0.2, 0.25) is 0 Å². The first-order valence-corrected chi connectivity index (χ1v) is 13.6. The Morgan fingerprint density at radius 2 is 1.94 bits per heavy atom. The van der Waals surface area contributed by atoms with Gasteiger partial charge in [0.15, 0.2) is 17.2 Å². The Kier molecular flexibility index (Phi) is 8.13. The van der Waals surface area contributed by atoms with Gasteiger partial charge >= 0.3 is 7.60 Å². The van der Waals surface area contributed by atoms with E-state index >= 15 is 0 Å². The topological polar surface area (TPSA) is 213 Å². The number of aliphatic hydroxyl groups is 4. The first-order chi connectivity index (χ1) is 16.6. The SMILES string of the molecule is O=P(O)(O)C(CO)(CCO)OC[C@H]1O[C@@H](n2ncc3c(NC4CCCC4)nc(Br)nc32)[C@H](O)[C@@H]1O. The number of aliphatic hydroxyl groups excluding tert-OH is 4. The van der Waals surface area contributed by atoms with Crippen molar-refractivity contribution in [3.8, 4) is 0 Å². The van der Waals surface area contributed by atoms with Gasteiger partial charge in [-0.1, -0.05) is 12.8 Å². The van der Waals surface area contributed by atoms with E-state index in [0.29, 0.717) is 21.6 Å². The number of fused-ring (bicyclic) bond motifs is 1. The van der Waals surface area contributed by atoms with E-state index in [1.807, 2.05) is 0 Å². The zero-order valence-corrected chi connectivity index (χ0v) is 21.1. The van der Waals surface area contributed by atoms with Crippen molar-refractivity contribution in [2.45, 2.75) is 68.0 Å². The number of aromatic nitrogens is 4. The number of halogens is 1. The van der Waals surface area contributed by atoms with Crippen LogP contribution in [0.3, 0.4) is 0 Å². The molecule has 14 nitrogen and oxygen atoms in total. The van der Waals surface area contributed by atoms with Crippen molar-refractivity contribution in [3.63, 3.8) is 0 Å². The standard InChI is InChI=1S/C19H29BrN5O9P/c20-18-23-15(22-10-3-1-2-4-10)11-7-21-25(16(11)24-18)17-14(29)13(28)12(34-17)8-33-19(9-27,5-6-26)35(30,31)32/h7,10,12-14,17,26-29H,1-6,8-9H2,(H,22,23,24)(H2,30,31,32)/t12-,13-,14-,17-,19?/m1/s1. The smallest absolute Gasteiger partial charge is 0.359 e. The first kappa shape index (κ1) is 26.8. The van der Waals surface area contributed by atoms with E-state index in [0.717, 1.165) is 25.7 Å². The number of anilines is 1. The highest BCUT2D eigenvalue weighted by Gasteiger charge is 2.51. The highest BCUT2D eigenvalue weighted by atomic mass is 79.9. The molecular weight excluding hydrogens is 553 g/mol. The van der Waals surface area contributed by atoms with Gasteiger partial charge in [0.05, 0.1) is 24.8 Å². The summed E-state index contributed by atoms with van der Waals surface area (Å²) in [6.07, 6.45) is -0.0792. The summed E-state index contributed by atoms with van der Waals surface area (Å²) in [6, 6.07) is 0.278. The number of nitrogens with zero attached hydrogens (tertiary/aromatic N) is 4. The van der Waals surface area contributed by atoms with Crippen LogP contribution in [0.4, 0.5) is 5.82 Å². The maximum Gasteiger partial charge on any atom is 0.359 e. The lowest BCUT2D eigenvalue weighted by Gasteiger charge is -2.33. The van der Waals surface area contributed by atoms with E-state index in [4.69, 9.17) is 9.47 Å². The lowest BCUT2D eigenvalue weighted by atomic mass is 10.1. The maximum absolute atomic E-state index is 11.9. The van der Waals surface area contributed by atoms with Crippen LogP contribution in [0.15, 0.2) is 10.9 Å². The molecule has 35 heavy (non-hydrogen) atoms. The molecule has 2 aliphatic rings. The van der Waals surface area contributed by atoms with E-state index in [1.54, 1.807) is 0 Å². The van der Waals surface area contributed by atoms with E-state index in [2.05, 4.69) is 36.3 Å². The number of nitrogens with one attached hydrogen (secondary N) is 1. The normalized spacial score (nSPS) is 27.5. The van der Waals surface area contributed by atoms with Gasteiger partial charge in [0, 0.05) is 19.1 Å². The van der Waals surface area contributed by atoms with Crippen LogP contribution in [-0.4, -0.2) is 99.5 Å². The van der Waals surface area contributed by atoms with Crippen molar-refractivity contribution >= 4 is 40.4 Å². The second kappa shape index (κ2) is 10.6. The minimum atomic E-state index is -5.01. The van der Waals surface area contributed by atoms with Crippen molar-refractivity contribution in [2.24, 2.45) is 0 Å². The Bertz CT molecular complexity index is 1080. The molecule has 0 amide bonds. The average molecular weight is 582 g/mol. The third kappa shape index (κ3) is 5.25. The van der Waals surface area contributed by atoms with Crippen molar-refractivity contribution in [3.05, 3.63) is 10.9 Å². The number of ether oxygens (including phenoxy) is 2. The molecule has 3 heterocycles. The fraction of sp³-hybridized carbons (Fsp3) is 0.737. The second-order valence-electron chi connectivity index (χ2n) is 8.77. The number of rotatable bonds is 10. The molecule has 1 saturated heterocycles. The van der Waals surface area contributed by atoms with Gasteiger partial charge in [-0.25, -0.2) is 14.6 Å². The zero-order chi connectivity index (χ0) is 25.4. The molecule has 196 valence electrons. The largest absolute Gasteiger partial charge is 0.396 e. The molecule has 0 spiro atoms. The van der Waals surface area contributed by atoms with Gasteiger partial charge in [0.25, 0.3) is 0 Å². The monoisotopic (exact) mass is 581 g/mol. The predicted octanol–water partition coefficient (Wildman–Crippen LogP) is -0.172. The van der Waals surface area contributed by atoms with Crippen LogP contribution >= 0.6 is 23.5 Å². The molecule has 1 saturated carbocycles. The van der Waals surface area contributed by atoms with Gasteiger partial charge in [-0.15, -0.1) is 0 Å². The predicted molar refractivity (Wildman–Crippen MR) is 124 cm³/mol. The van der Waals surface area contributed by atoms with Gasteiger partial charge in [0.2, 0.25) is 4.73 Å². The summed E-state index contributed by atoms with van der Waals surface area (Å²) in [5, 5.41) is 45.9. The van der Waals surface area contributed by atoms with Crippen LogP contribution in [0.25, 0.3) is 11.0 Å². The summed E-state index contributed by atoms with van der Waals surface area (Å²) >= 11 is 3.29. The molecule has 2 aromatic heterocycles. The molecule has 1 aliphatic carbocycles. The summed E-state index contributed by atoms with van der Waals surface area (Å²) in [5.74, 6) is 0.575. The quantitative estimate of drug-likeness (QED) is 0.143. The molecule has 2 aromatic rings. The van der Waals surface area contributed by atoms with E-state index < -0.39 is 63.7 Å². The summed E-state index contributed by atoms with van der Waals surface area (Å²) in [4.78, 5) is 28.1. The van der Waals surface area contributed by atoms with Gasteiger partial charge in [0.1, 0.15) is 24.1 Å². The minimum Gasteiger partial charge on any atom is -0.396 e. The lowest BCUT2D eigenvalue weighted by Crippen LogP contribution is -2.42.